The van der Waals surface area contributed by atoms with E-state index < -0.39 is 0 Å². The van der Waals surface area contributed by atoms with Gasteiger partial charge in [0.15, 0.2) is 23.1 Å². The first-order valence-electron chi connectivity index (χ1n) is 6.60. The van der Waals surface area contributed by atoms with Crippen LogP contribution in [-0.2, 0) is 6.42 Å². The van der Waals surface area contributed by atoms with Crippen molar-refractivity contribution in [3.8, 4) is 22.9 Å². The Balaban J connectivity index is 1.77. The number of hydrogen-bond donors (Lipinski definition) is 0. The molecule has 1 aliphatic carbocycles. The molecule has 1 aromatic carbocycles. The lowest BCUT2D eigenvalue weighted by Gasteiger charge is -2.13. The second kappa shape index (κ2) is 4.30. The molecular weight excluding hydrogens is 256 g/mol. The number of fused-ring (bicyclic) bond motifs is 2. The molecule has 2 aliphatic rings. The number of carbonyl (C=O) groups is 1. The maximum Gasteiger partial charge on any atom is 0.231 e. The molecule has 4 rings (SSSR count). The van der Waals surface area contributed by atoms with Gasteiger partial charge in [0.25, 0.3) is 0 Å². The zero-order chi connectivity index (χ0) is 13.5. The molecule has 0 saturated carbocycles. The van der Waals surface area contributed by atoms with Crippen LogP contribution in [0.15, 0.2) is 24.4 Å². The molecule has 100 valence electrons. The van der Waals surface area contributed by atoms with Crippen LogP contribution < -0.4 is 9.47 Å². The van der Waals surface area contributed by atoms with Crippen LogP contribution in [0.1, 0.15) is 28.9 Å². The molecule has 0 atom stereocenters. The number of ether oxygens (including phenoxy) is 2. The second-order valence-electron chi connectivity index (χ2n) is 4.90. The Kier molecular flexibility index (Phi) is 2.45. The third-order valence-electron chi connectivity index (χ3n) is 3.62. The van der Waals surface area contributed by atoms with E-state index in [1.807, 2.05) is 18.2 Å². The van der Waals surface area contributed by atoms with Crippen molar-refractivity contribution in [3.05, 3.63) is 35.7 Å². The molecule has 0 unspecified atom stereocenters. The smallest absolute Gasteiger partial charge is 0.231 e. The summed E-state index contributed by atoms with van der Waals surface area (Å²) < 4.78 is 10.6. The van der Waals surface area contributed by atoms with Gasteiger partial charge in [0, 0.05) is 18.2 Å². The minimum Gasteiger partial charge on any atom is -0.454 e. The Bertz CT molecular complexity index is 712. The molecular formula is C15H12N2O3. The summed E-state index contributed by atoms with van der Waals surface area (Å²) in [7, 11) is 0. The number of ketones is 1. The first kappa shape index (κ1) is 11.4. The molecule has 0 bridgehead atoms. The molecule has 0 N–H and O–H groups in total. The van der Waals surface area contributed by atoms with E-state index in [1.54, 1.807) is 6.20 Å². The van der Waals surface area contributed by atoms with Gasteiger partial charge in [-0.2, -0.15) is 0 Å². The molecule has 2 heterocycles. The summed E-state index contributed by atoms with van der Waals surface area (Å²) in [6, 6.07) is 5.63. The number of aryl methyl sites for hydroxylation is 1. The van der Waals surface area contributed by atoms with Gasteiger partial charge in [0.1, 0.15) is 0 Å². The maximum absolute atomic E-state index is 11.8. The van der Waals surface area contributed by atoms with E-state index in [0.717, 1.165) is 29.8 Å². The number of carbonyl (C=O) groups excluding carboxylic acids is 1. The molecule has 1 aromatic heterocycles. The number of Topliss-reactive ketones (excluding diaryl/α,β-unsaturated/α-hetero) is 1. The molecule has 0 radical (unpaired) electrons. The fraction of sp³-hybridized carbons (Fsp3) is 0.267. The maximum atomic E-state index is 11.8. The molecule has 0 saturated heterocycles. The number of hydrogen-bond acceptors (Lipinski definition) is 5. The monoisotopic (exact) mass is 268 g/mol. The Morgan fingerprint density at radius 2 is 2.00 bits per heavy atom. The average molecular weight is 268 g/mol. The summed E-state index contributed by atoms with van der Waals surface area (Å²) in [5.74, 6) is 2.21. The molecule has 2 aromatic rings. The fourth-order valence-electron chi connectivity index (χ4n) is 2.57. The Morgan fingerprint density at radius 3 is 2.95 bits per heavy atom. The van der Waals surface area contributed by atoms with E-state index in [-0.39, 0.29) is 12.6 Å². The van der Waals surface area contributed by atoms with Gasteiger partial charge in [-0.05, 0) is 31.0 Å². The highest BCUT2D eigenvalue weighted by molar-refractivity contribution is 5.97. The van der Waals surface area contributed by atoms with Crippen molar-refractivity contribution < 1.29 is 14.3 Å². The predicted octanol–water partition coefficient (Wildman–Crippen LogP) is 2.39. The molecule has 0 amide bonds. The number of aromatic nitrogens is 2. The summed E-state index contributed by atoms with van der Waals surface area (Å²) in [5.41, 5.74) is 2.39. The minimum atomic E-state index is 0.142. The summed E-state index contributed by atoms with van der Waals surface area (Å²) in [5, 5.41) is 0. The van der Waals surface area contributed by atoms with Crippen LogP contribution in [0, 0.1) is 0 Å². The fourth-order valence-corrected chi connectivity index (χ4v) is 2.57. The number of benzene rings is 1. The van der Waals surface area contributed by atoms with Crippen LogP contribution in [-0.4, -0.2) is 22.5 Å². The van der Waals surface area contributed by atoms with Crippen molar-refractivity contribution >= 4 is 5.78 Å². The van der Waals surface area contributed by atoms with Gasteiger partial charge in [-0.1, -0.05) is 0 Å². The van der Waals surface area contributed by atoms with E-state index >= 15 is 0 Å². The van der Waals surface area contributed by atoms with Crippen molar-refractivity contribution in [1.29, 1.82) is 0 Å². The predicted molar refractivity (Wildman–Crippen MR) is 70.9 cm³/mol. The highest BCUT2D eigenvalue weighted by Gasteiger charge is 2.20. The Morgan fingerprint density at radius 1 is 1.10 bits per heavy atom. The van der Waals surface area contributed by atoms with Crippen molar-refractivity contribution in [3.63, 3.8) is 0 Å². The molecule has 0 spiro atoms. The van der Waals surface area contributed by atoms with Gasteiger partial charge >= 0.3 is 0 Å². The quantitative estimate of drug-likeness (QED) is 0.794. The van der Waals surface area contributed by atoms with Crippen molar-refractivity contribution in [1.82, 2.24) is 9.97 Å². The lowest BCUT2D eigenvalue weighted by molar-refractivity contribution is 0.0971. The van der Waals surface area contributed by atoms with Crippen molar-refractivity contribution in [2.45, 2.75) is 19.3 Å². The molecule has 1 aliphatic heterocycles. The van der Waals surface area contributed by atoms with Crippen LogP contribution in [0.3, 0.4) is 0 Å². The normalized spacial score (nSPS) is 16.1. The van der Waals surface area contributed by atoms with Crippen LogP contribution >= 0.6 is 0 Å². The molecule has 5 nitrogen and oxygen atoms in total. The van der Waals surface area contributed by atoms with Gasteiger partial charge in [-0.15, -0.1) is 0 Å². The van der Waals surface area contributed by atoms with Crippen LogP contribution in [0.4, 0.5) is 0 Å². The topological polar surface area (TPSA) is 61.3 Å². The molecule has 20 heavy (non-hydrogen) atoms. The average Bonchev–Trinajstić information content (AvgIpc) is 2.94. The summed E-state index contributed by atoms with van der Waals surface area (Å²) in [6.45, 7) is 0.248. The van der Waals surface area contributed by atoms with Gasteiger partial charge in [0.05, 0.1) is 11.3 Å². The SMILES string of the molecule is O=C1CCCc2nc(-c3ccc4c(c3)OCO4)ncc21. The largest absolute Gasteiger partial charge is 0.454 e. The Labute approximate surface area is 115 Å². The standard InChI is InChI=1S/C15H12N2O3/c18-12-3-1-2-11-10(12)7-16-15(17-11)9-4-5-13-14(6-9)20-8-19-13/h4-7H,1-3,8H2. The molecule has 0 fully saturated rings. The van der Waals surface area contributed by atoms with E-state index in [2.05, 4.69) is 9.97 Å². The van der Waals surface area contributed by atoms with E-state index in [1.165, 1.54) is 0 Å². The highest BCUT2D eigenvalue weighted by atomic mass is 16.7. The van der Waals surface area contributed by atoms with E-state index in [0.29, 0.717) is 23.6 Å². The number of nitrogens with zero attached hydrogens (tertiary/aromatic N) is 2. The zero-order valence-corrected chi connectivity index (χ0v) is 10.8. The summed E-state index contributed by atoms with van der Waals surface area (Å²) in [4.78, 5) is 20.6. The first-order chi connectivity index (χ1) is 9.81. The van der Waals surface area contributed by atoms with Crippen LogP contribution in [0.25, 0.3) is 11.4 Å². The molecule has 5 heteroatoms. The highest BCUT2D eigenvalue weighted by Crippen LogP contribution is 2.35. The van der Waals surface area contributed by atoms with Gasteiger partial charge < -0.3 is 9.47 Å². The van der Waals surface area contributed by atoms with Gasteiger partial charge in [0.2, 0.25) is 6.79 Å². The minimum absolute atomic E-state index is 0.142. The Hall–Kier alpha value is -2.43. The summed E-state index contributed by atoms with van der Waals surface area (Å²) in [6.07, 6.45) is 3.94. The van der Waals surface area contributed by atoms with Crippen molar-refractivity contribution in [2.24, 2.45) is 0 Å². The van der Waals surface area contributed by atoms with Crippen molar-refractivity contribution in [2.75, 3.05) is 6.79 Å². The zero-order valence-electron chi connectivity index (χ0n) is 10.8. The second-order valence-corrected chi connectivity index (χ2v) is 4.90. The third-order valence-corrected chi connectivity index (χ3v) is 3.62. The van der Waals surface area contributed by atoms with Gasteiger partial charge in [-0.3, -0.25) is 4.79 Å². The van der Waals surface area contributed by atoms with Crippen LogP contribution in [0.5, 0.6) is 11.5 Å². The van der Waals surface area contributed by atoms with E-state index in [4.69, 9.17) is 9.47 Å². The van der Waals surface area contributed by atoms with Crippen LogP contribution in [0.2, 0.25) is 0 Å². The lowest BCUT2D eigenvalue weighted by Crippen LogP contribution is -2.13. The first-order valence-corrected chi connectivity index (χ1v) is 6.60. The van der Waals surface area contributed by atoms with E-state index in [9.17, 15) is 4.79 Å². The lowest BCUT2D eigenvalue weighted by atomic mass is 9.96. The number of rotatable bonds is 1. The van der Waals surface area contributed by atoms with Gasteiger partial charge in [-0.25, -0.2) is 9.97 Å². The third kappa shape index (κ3) is 1.74. The summed E-state index contributed by atoms with van der Waals surface area (Å²) >= 11 is 0.